The largest absolute Gasteiger partial charge is 0.493 e. The molecule has 1 aromatic rings. The van der Waals surface area contributed by atoms with Crippen molar-refractivity contribution < 1.29 is 27.8 Å². The van der Waals surface area contributed by atoms with Gasteiger partial charge in [0.2, 0.25) is 0 Å². The van der Waals surface area contributed by atoms with Gasteiger partial charge in [-0.1, -0.05) is 6.07 Å². The first-order valence-electron chi connectivity index (χ1n) is 8.07. The minimum Gasteiger partial charge on any atom is -0.493 e. The number of hydrogen-bond acceptors (Lipinski definition) is 5. The van der Waals surface area contributed by atoms with Crippen molar-refractivity contribution in [2.45, 2.75) is 25.6 Å². The molecule has 9 heteroatoms. The van der Waals surface area contributed by atoms with Crippen LogP contribution in [0.25, 0.3) is 6.08 Å². The molecule has 3 rings (SSSR count). The molecule has 1 N–H and O–H groups in total. The van der Waals surface area contributed by atoms with Crippen LogP contribution in [0.1, 0.15) is 18.4 Å². The van der Waals surface area contributed by atoms with Crippen LogP contribution in [0.5, 0.6) is 11.5 Å². The lowest BCUT2D eigenvalue weighted by Crippen LogP contribution is -2.37. The maximum Gasteiger partial charge on any atom is 0.387 e. The van der Waals surface area contributed by atoms with Crippen LogP contribution in [0.3, 0.4) is 0 Å². The van der Waals surface area contributed by atoms with Crippen molar-refractivity contribution in [3.05, 3.63) is 29.5 Å². The summed E-state index contributed by atoms with van der Waals surface area (Å²) in [6.07, 6.45) is 3.44. The van der Waals surface area contributed by atoms with E-state index in [9.17, 15) is 13.6 Å². The molecule has 0 aromatic heterocycles. The van der Waals surface area contributed by atoms with Crippen molar-refractivity contribution in [1.82, 2.24) is 10.2 Å². The van der Waals surface area contributed by atoms with Crippen molar-refractivity contribution in [2.24, 2.45) is 0 Å². The molecule has 0 spiro atoms. The molecule has 0 saturated carbocycles. The van der Waals surface area contributed by atoms with E-state index >= 15 is 0 Å². The Morgan fingerprint density at radius 3 is 2.92 bits per heavy atom. The Labute approximate surface area is 154 Å². The average molecular weight is 384 g/mol. The number of carbonyl (C=O) groups excluding carboxylic acids is 1. The van der Waals surface area contributed by atoms with Crippen molar-refractivity contribution in [2.75, 3.05) is 20.3 Å². The molecule has 0 radical (unpaired) electrons. The highest BCUT2D eigenvalue weighted by Gasteiger charge is 2.33. The number of nitrogens with zero attached hydrogens (tertiary/aromatic N) is 1. The van der Waals surface area contributed by atoms with Gasteiger partial charge in [-0.2, -0.15) is 8.78 Å². The number of methoxy groups -OCH3 is 1. The van der Waals surface area contributed by atoms with Crippen LogP contribution in [-0.2, 0) is 9.53 Å². The Bertz CT molecular complexity index is 735. The predicted molar refractivity (Wildman–Crippen MR) is 94.0 cm³/mol. The lowest BCUT2D eigenvalue weighted by molar-refractivity contribution is -0.123. The molecule has 1 unspecified atom stereocenters. The first-order valence-corrected chi connectivity index (χ1v) is 8.47. The first-order chi connectivity index (χ1) is 12.5. The third kappa shape index (κ3) is 4.10. The number of amides is 1. The zero-order chi connectivity index (χ0) is 18.7. The molecule has 1 atom stereocenters. The number of alkyl halides is 2. The lowest BCUT2D eigenvalue weighted by atomic mass is 10.1. The highest BCUT2D eigenvalue weighted by molar-refractivity contribution is 7.80. The standard InChI is InChI=1S/C17H18F2N2O4S/c1-23-14-8-10(4-5-13(14)25-16(18)19)7-12-15(22)21(17(26)20-12)9-11-3-2-6-24-11/h4-5,7-8,11,16H,2-3,6,9H2,1H3,(H,20,26). The maximum atomic E-state index is 12.6. The summed E-state index contributed by atoms with van der Waals surface area (Å²) < 4.78 is 39.8. The second kappa shape index (κ2) is 7.96. The second-order valence-electron chi connectivity index (χ2n) is 5.83. The molecule has 2 fully saturated rings. The second-order valence-corrected chi connectivity index (χ2v) is 6.21. The summed E-state index contributed by atoms with van der Waals surface area (Å²) in [6, 6.07) is 4.42. The SMILES string of the molecule is COc1cc(C=C2NC(=S)N(CC3CCCO3)C2=O)ccc1OC(F)F. The van der Waals surface area contributed by atoms with Gasteiger partial charge in [-0.05, 0) is 48.8 Å². The predicted octanol–water partition coefficient (Wildman–Crippen LogP) is 2.53. The number of benzene rings is 1. The average Bonchev–Trinajstić information content (AvgIpc) is 3.20. The molecular weight excluding hydrogens is 366 g/mol. The van der Waals surface area contributed by atoms with Crippen molar-refractivity contribution in [3.63, 3.8) is 0 Å². The molecule has 0 aliphatic carbocycles. The zero-order valence-electron chi connectivity index (χ0n) is 14.0. The van der Waals surface area contributed by atoms with Crippen LogP contribution in [0.4, 0.5) is 8.78 Å². The molecule has 0 bridgehead atoms. The molecule has 1 amide bonds. The fourth-order valence-electron chi connectivity index (χ4n) is 2.86. The van der Waals surface area contributed by atoms with Crippen LogP contribution < -0.4 is 14.8 Å². The zero-order valence-corrected chi connectivity index (χ0v) is 14.9. The van der Waals surface area contributed by atoms with E-state index in [2.05, 4.69) is 10.1 Å². The number of thiocarbonyl (C=S) groups is 1. The van der Waals surface area contributed by atoms with E-state index in [0.717, 1.165) is 12.8 Å². The molecule has 2 aliphatic rings. The minimum atomic E-state index is -2.95. The number of halogens is 2. The van der Waals surface area contributed by atoms with Gasteiger partial charge in [0, 0.05) is 6.61 Å². The molecule has 140 valence electrons. The summed E-state index contributed by atoms with van der Waals surface area (Å²) in [4.78, 5) is 14.0. The smallest absolute Gasteiger partial charge is 0.387 e. The first kappa shape index (κ1) is 18.5. The van der Waals surface area contributed by atoms with E-state index in [-0.39, 0.29) is 23.5 Å². The van der Waals surface area contributed by atoms with Crippen molar-refractivity contribution in [1.29, 1.82) is 0 Å². The molecule has 1 aromatic carbocycles. The Kier molecular flexibility index (Phi) is 5.67. The van der Waals surface area contributed by atoms with E-state index in [0.29, 0.717) is 29.5 Å². The van der Waals surface area contributed by atoms with E-state index in [1.807, 2.05) is 0 Å². The molecular formula is C17H18F2N2O4S. The fraction of sp³-hybridized carbons (Fsp3) is 0.412. The van der Waals surface area contributed by atoms with Gasteiger partial charge in [-0.25, -0.2) is 0 Å². The topological polar surface area (TPSA) is 60.0 Å². The van der Waals surface area contributed by atoms with Gasteiger partial charge in [-0.3, -0.25) is 9.69 Å². The third-order valence-corrected chi connectivity index (χ3v) is 4.41. The summed E-state index contributed by atoms with van der Waals surface area (Å²) in [7, 11) is 1.35. The Balaban J connectivity index is 1.76. The van der Waals surface area contributed by atoms with Gasteiger partial charge in [0.1, 0.15) is 5.70 Å². The highest BCUT2D eigenvalue weighted by atomic mass is 32.1. The summed E-state index contributed by atoms with van der Waals surface area (Å²) in [5.41, 5.74) is 0.888. The normalized spacial score (nSPS) is 21.6. The number of carbonyl (C=O) groups is 1. The van der Waals surface area contributed by atoms with Crippen LogP contribution in [0.2, 0.25) is 0 Å². The van der Waals surface area contributed by atoms with Gasteiger partial charge >= 0.3 is 6.61 Å². The number of hydrogen-bond donors (Lipinski definition) is 1. The van der Waals surface area contributed by atoms with Crippen LogP contribution >= 0.6 is 12.2 Å². The van der Waals surface area contributed by atoms with E-state index in [4.69, 9.17) is 21.7 Å². The fourth-order valence-corrected chi connectivity index (χ4v) is 3.13. The summed E-state index contributed by atoms with van der Waals surface area (Å²) in [5.74, 6) is -0.188. The Hall–Kier alpha value is -2.26. The number of nitrogens with one attached hydrogen (secondary N) is 1. The van der Waals surface area contributed by atoms with Gasteiger partial charge in [0.15, 0.2) is 16.6 Å². The van der Waals surface area contributed by atoms with Gasteiger partial charge in [-0.15, -0.1) is 0 Å². The van der Waals surface area contributed by atoms with Gasteiger partial charge in [0.25, 0.3) is 5.91 Å². The molecule has 2 heterocycles. The monoisotopic (exact) mass is 384 g/mol. The summed E-state index contributed by atoms with van der Waals surface area (Å²) >= 11 is 5.23. The molecule has 2 aliphatic heterocycles. The summed E-state index contributed by atoms with van der Waals surface area (Å²) in [5, 5.41) is 3.20. The van der Waals surface area contributed by atoms with Crippen molar-refractivity contribution in [3.8, 4) is 11.5 Å². The lowest BCUT2D eigenvalue weighted by Gasteiger charge is -2.18. The van der Waals surface area contributed by atoms with Crippen LogP contribution in [-0.4, -0.2) is 48.9 Å². The third-order valence-electron chi connectivity index (χ3n) is 4.09. The molecule has 2 saturated heterocycles. The quantitative estimate of drug-likeness (QED) is 0.601. The van der Waals surface area contributed by atoms with Crippen molar-refractivity contribution >= 4 is 29.3 Å². The maximum absolute atomic E-state index is 12.6. The van der Waals surface area contributed by atoms with E-state index in [1.54, 1.807) is 12.1 Å². The van der Waals surface area contributed by atoms with Crippen LogP contribution in [0, 0.1) is 0 Å². The number of ether oxygens (including phenoxy) is 3. The molecule has 6 nitrogen and oxygen atoms in total. The number of rotatable bonds is 6. The van der Waals surface area contributed by atoms with Gasteiger partial charge < -0.3 is 19.5 Å². The van der Waals surface area contributed by atoms with Crippen LogP contribution in [0.15, 0.2) is 23.9 Å². The summed E-state index contributed by atoms with van der Waals surface area (Å²) in [6.45, 7) is -1.84. The van der Waals surface area contributed by atoms with E-state index in [1.165, 1.54) is 24.1 Å². The van der Waals surface area contributed by atoms with Gasteiger partial charge in [0.05, 0.1) is 19.8 Å². The molecule has 26 heavy (non-hydrogen) atoms. The Morgan fingerprint density at radius 1 is 1.46 bits per heavy atom. The van der Waals surface area contributed by atoms with E-state index < -0.39 is 6.61 Å². The Morgan fingerprint density at radius 2 is 2.27 bits per heavy atom. The highest BCUT2D eigenvalue weighted by Crippen LogP contribution is 2.30. The minimum absolute atomic E-state index is 0.0103.